The highest BCUT2D eigenvalue weighted by Gasteiger charge is 2.35. The smallest absolute Gasteiger partial charge is 0.300 e. The maximum Gasteiger partial charge on any atom is 0.389 e. The number of hydrogen-bond donors (Lipinski definition) is 0. The van der Waals surface area contributed by atoms with E-state index in [4.69, 9.17) is 34.8 Å². The highest BCUT2D eigenvalue weighted by Crippen LogP contribution is 2.41. The van der Waals surface area contributed by atoms with Crippen LogP contribution in [0.2, 0.25) is 15.1 Å². The maximum atomic E-state index is 15.1. The van der Waals surface area contributed by atoms with Crippen LogP contribution in [0.15, 0.2) is 36.4 Å². The standard InChI is InChI=1S/C27H25Cl3F6O2/c1-14(8-18(37)6-7-27(34,35)36)9-24(38)19-5-4-16(10-15(19)2)23(31)13-20(26(3,32)33)17-11-21(28)25(30)22(29)12-17/h4-5,10-14,20H,6-9H2,1-3H3/b23-13-/t14-,20?/m1/s1. The van der Waals surface area contributed by atoms with Gasteiger partial charge in [-0.15, -0.1) is 0 Å². The molecule has 0 radical (unpaired) electrons. The molecule has 0 aliphatic carbocycles. The SMILES string of the molecule is Cc1cc(/C(F)=C/C(c2cc(Cl)c(Cl)c(Cl)c2)C(C)(F)F)ccc1C(=O)C[C@H](C)CC(=O)CCC(F)(F)F. The Bertz CT molecular complexity index is 1200. The molecule has 2 nitrogen and oxygen atoms in total. The highest BCUT2D eigenvalue weighted by atomic mass is 35.5. The quantitative estimate of drug-likeness (QED) is 0.146. The lowest BCUT2D eigenvalue weighted by Gasteiger charge is -2.22. The van der Waals surface area contributed by atoms with E-state index in [0.29, 0.717) is 12.5 Å². The van der Waals surface area contributed by atoms with Gasteiger partial charge in [0.15, 0.2) is 5.78 Å². The molecule has 208 valence electrons. The van der Waals surface area contributed by atoms with E-state index in [2.05, 4.69) is 0 Å². The van der Waals surface area contributed by atoms with Crippen molar-refractivity contribution in [3.8, 4) is 0 Å². The van der Waals surface area contributed by atoms with Gasteiger partial charge in [0, 0.05) is 37.3 Å². The summed E-state index contributed by atoms with van der Waals surface area (Å²) in [5.41, 5.74) is 0.498. The number of halogens is 9. The number of ketones is 2. The van der Waals surface area contributed by atoms with Gasteiger partial charge in [-0.1, -0.05) is 53.9 Å². The second-order valence-electron chi connectivity index (χ2n) is 9.37. The van der Waals surface area contributed by atoms with E-state index in [-0.39, 0.29) is 50.4 Å². The Balaban J connectivity index is 2.21. The molecule has 1 unspecified atom stereocenters. The lowest BCUT2D eigenvalue weighted by molar-refractivity contribution is -0.143. The van der Waals surface area contributed by atoms with Crippen molar-refractivity contribution < 1.29 is 35.9 Å². The largest absolute Gasteiger partial charge is 0.389 e. The number of aryl methyl sites for hydroxylation is 1. The number of hydrogen-bond acceptors (Lipinski definition) is 2. The molecular weight excluding hydrogens is 577 g/mol. The minimum atomic E-state index is -4.43. The number of rotatable bonds is 11. The molecule has 2 aromatic carbocycles. The van der Waals surface area contributed by atoms with E-state index in [0.717, 1.165) is 6.08 Å². The number of alkyl halides is 5. The zero-order valence-electron chi connectivity index (χ0n) is 20.7. The van der Waals surface area contributed by atoms with Crippen LogP contribution < -0.4 is 0 Å². The Kier molecular flexibility index (Phi) is 10.9. The zero-order valence-corrected chi connectivity index (χ0v) is 22.9. The molecule has 38 heavy (non-hydrogen) atoms. The van der Waals surface area contributed by atoms with Crippen LogP contribution in [0.4, 0.5) is 26.3 Å². The molecule has 0 bridgehead atoms. The fraction of sp³-hybridized carbons (Fsp3) is 0.407. The van der Waals surface area contributed by atoms with E-state index in [9.17, 15) is 31.5 Å². The fourth-order valence-corrected chi connectivity index (χ4v) is 4.54. The van der Waals surface area contributed by atoms with Gasteiger partial charge in [0.1, 0.15) is 11.6 Å². The van der Waals surface area contributed by atoms with Crippen molar-refractivity contribution >= 4 is 52.2 Å². The third-order valence-electron chi connectivity index (χ3n) is 5.82. The van der Waals surface area contributed by atoms with Crippen LogP contribution in [0.3, 0.4) is 0 Å². The molecule has 0 aliphatic rings. The molecule has 2 rings (SSSR count). The molecule has 2 atom stereocenters. The van der Waals surface area contributed by atoms with E-state index >= 15 is 4.39 Å². The first kappa shape index (κ1) is 32.2. The topological polar surface area (TPSA) is 34.1 Å². The summed E-state index contributed by atoms with van der Waals surface area (Å²) in [5, 5.41) is -0.144. The normalized spacial score (nSPS) is 14.4. The number of benzene rings is 2. The Morgan fingerprint density at radius 3 is 2.05 bits per heavy atom. The van der Waals surface area contributed by atoms with Crippen LogP contribution in [0.1, 0.15) is 72.5 Å². The summed E-state index contributed by atoms with van der Waals surface area (Å²) in [6.45, 7) is 3.74. The molecule has 0 aliphatic heterocycles. The number of carbonyl (C=O) groups is 2. The minimum absolute atomic E-state index is 0.0180. The predicted molar refractivity (Wildman–Crippen MR) is 138 cm³/mol. The van der Waals surface area contributed by atoms with Crippen molar-refractivity contribution in [2.75, 3.05) is 0 Å². The van der Waals surface area contributed by atoms with Crippen molar-refractivity contribution in [3.05, 3.63) is 73.7 Å². The van der Waals surface area contributed by atoms with Gasteiger partial charge in [0.05, 0.1) is 27.4 Å². The summed E-state index contributed by atoms with van der Waals surface area (Å²) in [5.74, 6) is -7.55. The fourth-order valence-electron chi connectivity index (χ4n) is 3.93. The van der Waals surface area contributed by atoms with Crippen molar-refractivity contribution in [2.24, 2.45) is 5.92 Å². The van der Waals surface area contributed by atoms with Crippen LogP contribution in [0.25, 0.3) is 5.83 Å². The summed E-state index contributed by atoms with van der Waals surface area (Å²) >= 11 is 17.8. The van der Waals surface area contributed by atoms with E-state index in [1.165, 1.54) is 37.3 Å². The first-order chi connectivity index (χ1) is 17.4. The summed E-state index contributed by atoms with van der Waals surface area (Å²) in [4.78, 5) is 24.5. The third-order valence-corrected chi connectivity index (χ3v) is 7.02. The predicted octanol–water partition coefficient (Wildman–Crippen LogP) is 10.2. The number of Topliss-reactive ketones (excluding diaryl/α,β-unsaturated/α-hetero) is 2. The zero-order chi connectivity index (χ0) is 29.0. The van der Waals surface area contributed by atoms with Gasteiger partial charge in [0.25, 0.3) is 5.92 Å². The molecule has 11 heteroatoms. The molecule has 0 N–H and O–H groups in total. The molecule has 0 heterocycles. The summed E-state index contributed by atoms with van der Waals surface area (Å²) in [6.07, 6.45) is -5.83. The summed E-state index contributed by atoms with van der Waals surface area (Å²) < 4.78 is 80.9. The minimum Gasteiger partial charge on any atom is -0.300 e. The van der Waals surface area contributed by atoms with Crippen LogP contribution >= 0.6 is 34.8 Å². The van der Waals surface area contributed by atoms with E-state index in [1.807, 2.05) is 0 Å². The molecule has 0 spiro atoms. The van der Waals surface area contributed by atoms with Gasteiger partial charge in [0.2, 0.25) is 0 Å². The molecule has 2 aromatic rings. The average Bonchev–Trinajstić information content (AvgIpc) is 2.77. The Labute approximate surface area is 231 Å². The van der Waals surface area contributed by atoms with Crippen LogP contribution in [0, 0.1) is 12.8 Å². The summed E-state index contributed by atoms with van der Waals surface area (Å²) in [6, 6.07) is 6.30. The third kappa shape index (κ3) is 9.31. The van der Waals surface area contributed by atoms with Crippen LogP contribution in [-0.4, -0.2) is 23.7 Å². The van der Waals surface area contributed by atoms with E-state index < -0.39 is 48.4 Å². The van der Waals surface area contributed by atoms with Gasteiger partial charge < -0.3 is 0 Å². The van der Waals surface area contributed by atoms with E-state index in [1.54, 1.807) is 6.92 Å². The Morgan fingerprint density at radius 1 is 0.974 bits per heavy atom. The van der Waals surface area contributed by atoms with Gasteiger partial charge >= 0.3 is 6.18 Å². The summed E-state index contributed by atoms with van der Waals surface area (Å²) in [7, 11) is 0. The molecule has 0 aromatic heterocycles. The number of carbonyl (C=O) groups excluding carboxylic acids is 2. The second-order valence-corrected chi connectivity index (χ2v) is 10.6. The molecular formula is C27H25Cl3F6O2. The lowest BCUT2D eigenvalue weighted by atomic mass is 9.90. The average molecular weight is 602 g/mol. The van der Waals surface area contributed by atoms with Gasteiger partial charge in [-0.25, -0.2) is 13.2 Å². The van der Waals surface area contributed by atoms with Crippen LogP contribution in [-0.2, 0) is 4.79 Å². The van der Waals surface area contributed by atoms with Crippen molar-refractivity contribution in [1.29, 1.82) is 0 Å². The Hall–Kier alpha value is -2.03. The van der Waals surface area contributed by atoms with Crippen molar-refractivity contribution in [1.82, 2.24) is 0 Å². The first-order valence-electron chi connectivity index (χ1n) is 11.5. The van der Waals surface area contributed by atoms with Crippen molar-refractivity contribution in [2.45, 2.75) is 64.5 Å². The molecule has 0 amide bonds. The second kappa shape index (κ2) is 12.9. The monoisotopic (exact) mass is 600 g/mol. The van der Waals surface area contributed by atoms with Crippen molar-refractivity contribution in [3.63, 3.8) is 0 Å². The molecule has 0 fully saturated rings. The van der Waals surface area contributed by atoms with Gasteiger partial charge in [-0.2, -0.15) is 13.2 Å². The first-order valence-corrected chi connectivity index (χ1v) is 12.6. The lowest BCUT2D eigenvalue weighted by Crippen LogP contribution is -2.21. The van der Waals surface area contributed by atoms with Gasteiger partial charge in [-0.05, 0) is 48.2 Å². The maximum absolute atomic E-state index is 15.1. The number of allylic oxidation sites excluding steroid dienone is 1. The molecule has 0 saturated carbocycles. The Morgan fingerprint density at radius 2 is 1.55 bits per heavy atom. The van der Waals surface area contributed by atoms with Crippen LogP contribution in [0.5, 0.6) is 0 Å². The molecule has 0 saturated heterocycles. The van der Waals surface area contributed by atoms with Gasteiger partial charge in [-0.3, -0.25) is 9.59 Å². The highest BCUT2D eigenvalue weighted by molar-refractivity contribution is 6.48.